The summed E-state index contributed by atoms with van der Waals surface area (Å²) in [7, 11) is -3.36. The topological polar surface area (TPSA) is 110 Å². The standard InChI is InChI=1S/C13H20N4O4S/c1-13(2,3)21-12(18)14-7-9-6-11(16-8-15-9)17-22(19,20)10-4-5-10/h6,8,10H,4-5,7H2,1-3H3,(H,14,18)(H,15,16,17). The van der Waals surface area contributed by atoms with Gasteiger partial charge in [-0.05, 0) is 33.6 Å². The fourth-order valence-corrected chi connectivity index (χ4v) is 2.96. The number of ether oxygens (including phenoxy) is 1. The van der Waals surface area contributed by atoms with Crippen LogP contribution in [-0.4, -0.2) is 35.3 Å². The molecular weight excluding hydrogens is 308 g/mol. The first-order valence-corrected chi connectivity index (χ1v) is 8.50. The monoisotopic (exact) mass is 328 g/mol. The van der Waals surface area contributed by atoms with Gasteiger partial charge in [0.1, 0.15) is 17.7 Å². The van der Waals surface area contributed by atoms with E-state index >= 15 is 0 Å². The van der Waals surface area contributed by atoms with Crippen LogP contribution in [-0.2, 0) is 21.3 Å². The lowest BCUT2D eigenvalue weighted by Gasteiger charge is -2.19. The van der Waals surface area contributed by atoms with Crippen LogP contribution in [0.5, 0.6) is 0 Å². The Hall–Kier alpha value is -1.90. The first-order chi connectivity index (χ1) is 10.2. The minimum absolute atomic E-state index is 0.121. The molecule has 1 aromatic rings. The maximum atomic E-state index is 11.8. The molecule has 0 unspecified atom stereocenters. The molecule has 0 radical (unpaired) electrons. The van der Waals surface area contributed by atoms with Crippen molar-refractivity contribution in [3.8, 4) is 0 Å². The summed E-state index contributed by atoms with van der Waals surface area (Å²) in [4.78, 5) is 19.4. The predicted molar refractivity (Wildman–Crippen MR) is 80.7 cm³/mol. The molecule has 2 N–H and O–H groups in total. The minimum atomic E-state index is -3.36. The molecule has 0 atom stereocenters. The van der Waals surface area contributed by atoms with E-state index in [2.05, 4.69) is 20.0 Å². The number of amides is 1. The molecule has 1 aliphatic carbocycles. The molecule has 1 aromatic heterocycles. The molecule has 1 heterocycles. The highest BCUT2D eigenvalue weighted by Gasteiger charge is 2.36. The van der Waals surface area contributed by atoms with Gasteiger partial charge in [0.05, 0.1) is 17.5 Å². The number of anilines is 1. The highest BCUT2D eigenvalue weighted by molar-refractivity contribution is 7.93. The van der Waals surface area contributed by atoms with Crippen LogP contribution in [0.4, 0.5) is 10.6 Å². The van der Waals surface area contributed by atoms with Crippen molar-refractivity contribution in [3.63, 3.8) is 0 Å². The van der Waals surface area contributed by atoms with Crippen LogP contribution in [0.3, 0.4) is 0 Å². The van der Waals surface area contributed by atoms with Crippen molar-refractivity contribution < 1.29 is 17.9 Å². The fraction of sp³-hybridized carbons (Fsp3) is 0.615. The second-order valence-corrected chi connectivity index (χ2v) is 8.06. The highest BCUT2D eigenvalue weighted by Crippen LogP contribution is 2.29. The van der Waals surface area contributed by atoms with Gasteiger partial charge in [0.2, 0.25) is 10.0 Å². The minimum Gasteiger partial charge on any atom is -0.444 e. The van der Waals surface area contributed by atoms with Crippen molar-refractivity contribution in [2.45, 2.75) is 51.0 Å². The Bertz CT molecular complexity index is 650. The fourth-order valence-electron chi connectivity index (χ4n) is 1.63. The molecule has 0 saturated heterocycles. The summed E-state index contributed by atoms with van der Waals surface area (Å²) in [5.41, 5.74) is -0.102. The van der Waals surface area contributed by atoms with Gasteiger partial charge in [0.15, 0.2) is 0 Å². The molecule has 1 fully saturated rings. The van der Waals surface area contributed by atoms with Crippen LogP contribution in [0.1, 0.15) is 39.3 Å². The number of nitrogens with zero attached hydrogens (tertiary/aromatic N) is 2. The Balaban J connectivity index is 1.93. The van der Waals surface area contributed by atoms with E-state index in [1.165, 1.54) is 12.4 Å². The average molecular weight is 328 g/mol. The maximum Gasteiger partial charge on any atom is 0.407 e. The zero-order valence-corrected chi connectivity index (χ0v) is 13.6. The molecule has 1 saturated carbocycles. The number of nitrogens with one attached hydrogen (secondary N) is 2. The molecule has 8 nitrogen and oxygen atoms in total. The second kappa shape index (κ2) is 6.07. The van der Waals surface area contributed by atoms with Crippen molar-refractivity contribution in [1.82, 2.24) is 15.3 Å². The molecule has 2 rings (SSSR count). The van der Waals surface area contributed by atoms with Crippen LogP contribution < -0.4 is 10.0 Å². The molecule has 0 aromatic carbocycles. The van der Waals surface area contributed by atoms with Gasteiger partial charge >= 0.3 is 6.09 Å². The van der Waals surface area contributed by atoms with E-state index in [-0.39, 0.29) is 17.6 Å². The van der Waals surface area contributed by atoms with Gasteiger partial charge in [-0.2, -0.15) is 0 Å². The zero-order chi connectivity index (χ0) is 16.4. The number of aromatic nitrogens is 2. The lowest BCUT2D eigenvalue weighted by molar-refractivity contribution is 0.0523. The van der Waals surface area contributed by atoms with E-state index < -0.39 is 21.7 Å². The van der Waals surface area contributed by atoms with Crippen molar-refractivity contribution in [3.05, 3.63) is 18.1 Å². The third-order valence-corrected chi connectivity index (χ3v) is 4.59. The quantitative estimate of drug-likeness (QED) is 0.845. The van der Waals surface area contributed by atoms with Crippen molar-refractivity contribution >= 4 is 21.9 Å². The Labute approximate surface area is 129 Å². The Morgan fingerprint density at radius 1 is 1.36 bits per heavy atom. The van der Waals surface area contributed by atoms with Crippen LogP contribution in [0.25, 0.3) is 0 Å². The van der Waals surface area contributed by atoms with E-state index in [1.54, 1.807) is 20.8 Å². The maximum absolute atomic E-state index is 11.8. The van der Waals surface area contributed by atoms with Gasteiger partial charge < -0.3 is 10.1 Å². The van der Waals surface area contributed by atoms with E-state index in [0.717, 1.165) is 0 Å². The number of hydrogen-bond donors (Lipinski definition) is 2. The molecule has 1 amide bonds. The average Bonchev–Trinajstić information content (AvgIpc) is 3.18. The van der Waals surface area contributed by atoms with E-state index in [0.29, 0.717) is 18.5 Å². The Morgan fingerprint density at radius 3 is 2.64 bits per heavy atom. The SMILES string of the molecule is CC(C)(C)OC(=O)NCc1cc(NS(=O)(=O)C2CC2)ncn1. The predicted octanol–water partition coefficient (Wildman–Crippen LogP) is 1.41. The number of rotatable bonds is 5. The summed E-state index contributed by atoms with van der Waals surface area (Å²) >= 11 is 0. The first-order valence-electron chi connectivity index (χ1n) is 6.95. The smallest absolute Gasteiger partial charge is 0.407 e. The third kappa shape index (κ3) is 5.14. The Morgan fingerprint density at radius 2 is 2.05 bits per heavy atom. The summed E-state index contributed by atoms with van der Waals surface area (Å²) in [6.45, 7) is 5.42. The van der Waals surface area contributed by atoms with E-state index in [9.17, 15) is 13.2 Å². The van der Waals surface area contributed by atoms with Crippen molar-refractivity contribution in [2.24, 2.45) is 0 Å². The number of alkyl carbamates (subject to hydrolysis) is 1. The summed E-state index contributed by atoms with van der Waals surface area (Å²) < 4.78 is 31.2. The van der Waals surface area contributed by atoms with Crippen LogP contribution in [0.2, 0.25) is 0 Å². The number of carbonyl (C=O) groups is 1. The summed E-state index contributed by atoms with van der Waals surface area (Å²) in [6, 6.07) is 1.48. The van der Waals surface area contributed by atoms with Gasteiger partial charge in [-0.3, -0.25) is 4.72 Å². The van der Waals surface area contributed by atoms with Crippen LogP contribution in [0, 0.1) is 0 Å². The van der Waals surface area contributed by atoms with Gasteiger partial charge in [0, 0.05) is 6.07 Å². The lowest BCUT2D eigenvalue weighted by Crippen LogP contribution is -2.32. The van der Waals surface area contributed by atoms with Crippen molar-refractivity contribution in [1.29, 1.82) is 0 Å². The molecular formula is C13H20N4O4S. The highest BCUT2D eigenvalue weighted by atomic mass is 32.2. The third-order valence-electron chi connectivity index (χ3n) is 2.75. The van der Waals surface area contributed by atoms with Gasteiger partial charge in [-0.15, -0.1) is 0 Å². The number of hydrogen-bond acceptors (Lipinski definition) is 6. The summed E-state index contributed by atoms with van der Waals surface area (Å²) in [5.74, 6) is 0.197. The molecule has 0 bridgehead atoms. The lowest BCUT2D eigenvalue weighted by atomic mass is 10.2. The molecule has 0 aliphatic heterocycles. The molecule has 122 valence electrons. The summed E-state index contributed by atoms with van der Waals surface area (Å²) in [6.07, 6.45) is 2.03. The largest absolute Gasteiger partial charge is 0.444 e. The van der Waals surface area contributed by atoms with Crippen LogP contribution in [0.15, 0.2) is 12.4 Å². The molecule has 22 heavy (non-hydrogen) atoms. The summed E-state index contributed by atoms with van der Waals surface area (Å²) in [5, 5.41) is 2.22. The normalized spacial score (nSPS) is 15.2. The molecule has 1 aliphatic rings. The van der Waals surface area contributed by atoms with E-state index in [4.69, 9.17) is 4.74 Å². The zero-order valence-electron chi connectivity index (χ0n) is 12.8. The van der Waals surface area contributed by atoms with Crippen LogP contribution >= 0.6 is 0 Å². The number of sulfonamides is 1. The molecule has 9 heteroatoms. The number of carbonyl (C=O) groups excluding carboxylic acids is 1. The van der Waals surface area contributed by atoms with E-state index in [1.807, 2.05) is 0 Å². The molecule has 0 spiro atoms. The van der Waals surface area contributed by atoms with Gasteiger partial charge in [0.25, 0.3) is 0 Å². The second-order valence-electron chi connectivity index (χ2n) is 6.10. The van der Waals surface area contributed by atoms with Gasteiger partial charge in [-0.1, -0.05) is 0 Å². The first kappa shape index (κ1) is 16.5. The Kier molecular flexibility index (Phi) is 4.55. The van der Waals surface area contributed by atoms with Crippen molar-refractivity contribution in [2.75, 3.05) is 4.72 Å². The van der Waals surface area contributed by atoms with Gasteiger partial charge in [-0.25, -0.2) is 23.2 Å².